The van der Waals surface area contributed by atoms with Crippen LogP contribution in [0, 0.1) is 31.7 Å². The van der Waals surface area contributed by atoms with E-state index in [9.17, 15) is 4.39 Å². The van der Waals surface area contributed by atoms with Gasteiger partial charge in [0, 0.05) is 56.9 Å². The Labute approximate surface area is 302 Å². The molecule has 0 atom stereocenters. The first kappa shape index (κ1) is 26.0. The van der Waals surface area contributed by atoms with Gasteiger partial charge < -0.3 is 14.4 Å². The van der Waals surface area contributed by atoms with Crippen molar-refractivity contribution in [2.75, 3.05) is 0 Å². The number of nitrogens with zero attached hydrogens (tertiary/aromatic N) is 2. The van der Waals surface area contributed by atoms with Gasteiger partial charge in [0.2, 0.25) is 0 Å². The molecule has 3 aromatic heterocycles. The molecule has 0 spiro atoms. The Hall–Kier alpha value is -4.96. The molecule has 0 aliphatic heterocycles. The van der Waals surface area contributed by atoms with E-state index in [4.69, 9.17) is 12.6 Å². The quantitative estimate of drug-likeness (QED) is 0.166. The Kier molecular flexibility index (Phi) is 7.40. The molecule has 0 amide bonds. The standard InChI is InChI=1S/C30H21FNO.C13H12N.Ir/c1-30(2,20-11-13-22(31)14-12-20)21-16-17-32-27(18-21)26-9-5-8-24-25-15-10-19-6-3-4-7-23(19)28(25)33-29(24)26;1-10-3-6-12(7-4-10)13-8-5-11(2)9-14-13;/h3-8,10-18H,1-2H3;3-6,8-9H,1-2H3;/q2*-1;/i;1D3,2D3;. The van der Waals surface area contributed by atoms with Crippen molar-refractivity contribution in [2.45, 2.75) is 33.0 Å². The number of furan rings is 1. The van der Waals surface area contributed by atoms with E-state index in [0.717, 1.165) is 55.1 Å². The summed E-state index contributed by atoms with van der Waals surface area (Å²) < 4.78 is 63.6. The van der Waals surface area contributed by atoms with Gasteiger partial charge in [0.15, 0.2) is 0 Å². The van der Waals surface area contributed by atoms with Gasteiger partial charge in [0.25, 0.3) is 0 Å². The predicted molar refractivity (Wildman–Crippen MR) is 190 cm³/mol. The molecule has 0 saturated heterocycles. The SMILES string of the molecule is CC(C)(c1ccc(F)cc1)c1ccnc(-c2[c-]ccc3c2oc2c4ccccc4ccc32)c1.[2H]C([2H])([2H])c1c[c-]c(-c2ccc(C([2H])([2H])[2H])cn2)cc1.[Ir]. The molecule has 0 aliphatic carbocycles. The van der Waals surface area contributed by atoms with Crippen LogP contribution in [0.5, 0.6) is 0 Å². The molecule has 8 rings (SSSR count). The largest absolute Gasteiger partial charge is 0.500 e. The summed E-state index contributed by atoms with van der Waals surface area (Å²) in [5.41, 5.74) is 6.67. The van der Waals surface area contributed by atoms with Crippen LogP contribution >= 0.6 is 0 Å². The molecule has 5 aromatic carbocycles. The molecule has 0 N–H and O–H groups in total. The zero-order chi connectivity index (χ0) is 37.5. The molecule has 0 unspecified atom stereocenters. The molecule has 239 valence electrons. The minimum absolute atomic E-state index is 0. The van der Waals surface area contributed by atoms with Gasteiger partial charge in [0.1, 0.15) is 11.4 Å². The third-order valence-corrected chi connectivity index (χ3v) is 8.48. The van der Waals surface area contributed by atoms with Crippen LogP contribution in [0.15, 0.2) is 132 Å². The number of hydrogen-bond acceptors (Lipinski definition) is 3. The molecule has 0 saturated carbocycles. The molecule has 0 fully saturated rings. The van der Waals surface area contributed by atoms with Crippen LogP contribution in [0.4, 0.5) is 4.39 Å². The Morgan fingerprint density at radius 1 is 0.708 bits per heavy atom. The summed E-state index contributed by atoms with van der Waals surface area (Å²) in [6, 6.07) is 41.1. The van der Waals surface area contributed by atoms with Gasteiger partial charge in [0.05, 0.1) is 5.58 Å². The van der Waals surface area contributed by atoms with Gasteiger partial charge in [-0.25, -0.2) is 4.39 Å². The average Bonchev–Trinajstić information content (AvgIpc) is 3.54. The number of aryl methyl sites for hydroxylation is 2. The number of fused-ring (bicyclic) bond motifs is 5. The Balaban J connectivity index is 0.000000205. The first-order valence-corrected chi connectivity index (χ1v) is 15.2. The van der Waals surface area contributed by atoms with Crippen LogP contribution in [0.2, 0.25) is 0 Å². The van der Waals surface area contributed by atoms with Crippen molar-refractivity contribution in [3.8, 4) is 22.5 Å². The number of aromatic nitrogens is 2. The van der Waals surface area contributed by atoms with E-state index in [-0.39, 0.29) is 42.5 Å². The molecule has 3 nitrogen and oxygen atoms in total. The first-order chi connectivity index (χ1) is 25.2. The van der Waals surface area contributed by atoms with Crippen molar-refractivity contribution in [2.24, 2.45) is 0 Å². The zero-order valence-electron chi connectivity index (χ0n) is 32.1. The van der Waals surface area contributed by atoms with E-state index >= 15 is 0 Å². The van der Waals surface area contributed by atoms with E-state index in [1.807, 2.05) is 48.7 Å². The fourth-order valence-corrected chi connectivity index (χ4v) is 5.79. The Morgan fingerprint density at radius 2 is 1.50 bits per heavy atom. The summed E-state index contributed by atoms with van der Waals surface area (Å²) in [6.45, 7) is -0.0676. The summed E-state index contributed by atoms with van der Waals surface area (Å²) in [4.78, 5) is 8.74. The number of rotatable bonds is 4. The van der Waals surface area contributed by atoms with E-state index < -0.39 is 13.7 Å². The van der Waals surface area contributed by atoms with Gasteiger partial charge in [-0.05, 0) is 58.5 Å². The third kappa shape index (κ3) is 6.44. The fraction of sp³-hybridized carbons (Fsp3) is 0.116. The van der Waals surface area contributed by atoms with Crippen molar-refractivity contribution in [3.05, 3.63) is 168 Å². The molecule has 48 heavy (non-hydrogen) atoms. The van der Waals surface area contributed by atoms with E-state index in [2.05, 4.69) is 66.3 Å². The number of hydrogen-bond donors (Lipinski definition) is 0. The van der Waals surface area contributed by atoms with Gasteiger partial charge in [-0.3, -0.25) is 0 Å². The molecular formula is C43H33FIrN2O-2. The number of benzene rings is 5. The number of halogens is 1. The van der Waals surface area contributed by atoms with Crippen molar-refractivity contribution < 1.29 is 37.1 Å². The van der Waals surface area contributed by atoms with Crippen LogP contribution in [-0.4, -0.2) is 9.97 Å². The molecule has 8 aromatic rings. The molecule has 0 aliphatic rings. The fourth-order valence-electron chi connectivity index (χ4n) is 5.79. The molecular weight excluding hydrogens is 772 g/mol. The van der Waals surface area contributed by atoms with Gasteiger partial charge in [-0.2, -0.15) is 0 Å². The Morgan fingerprint density at radius 3 is 2.25 bits per heavy atom. The van der Waals surface area contributed by atoms with Gasteiger partial charge in [-0.1, -0.05) is 98.4 Å². The van der Waals surface area contributed by atoms with Crippen molar-refractivity contribution >= 4 is 32.7 Å². The predicted octanol–water partition coefficient (Wildman–Crippen LogP) is 11.2. The summed E-state index contributed by atoms with van der Waals surface area (Å²) in [5, 5.41) is 4.38. The van der Waals surface area contributed by atoms with Crippen LogP contribution in [0.25, 0.3) is 55.2 Å². The van der Waals surface area contributed by atoms with Crippen LogP contribution < -0.4 is 0 Å². The zero-order valence-corrected chi connectivity index (χ0v) is 28.5. The normalized spacial score (nSPS) is 13.6. The van der Waals surface area contributed by atoms with E-state index in [1.54, 1.807) is 12.1 Å². The second-order valence-electron chi connectivity index (χ2n) is 11.8. The van der Waals surface area contributed by atoms with E-state index in [0.29, 0.717) is 11.3 Å². The maximum atomic E-state index is 13.5. The monoisotopic (exact) mass is 811 g/mol. The maximum Gasteiger partial charge on any atom is 0.128 e. The number of pyridine rings is 2. The van der Waals surface area contributed by atoms with Crippen molar-refractivity contribution in [1.29, 1.82) is 0 Å². The second-order valence-corrected chi connectivity index (χ2v) is 11.8. The summed E-state index contributed by atoms with van der Waals surface area (Å²) >= 11 is 0. The topological polar surface area (TPSA) is 38.9 Å². The minimum Gasteiger partial charge on any atom is -0.500 e. The molecule has 3 heterocycles. The second kappa shape index (κ2) is 13.6. The minimum atomic E-state index is -2.18. The maximum absolute atomic E-state index is 13.5. The van der Waals surface area contributed by atoms with Crippen LogP contribution in [0.1, 0.15) is 44.3 Å². The third-order valence-electron chi connectivity index (χ3n) is 8.48. The van der Waals surface area contributed by atoms with Crippen LogP contribution in [0.3, 0.4) is 0 Å². The van der Waals surface area contributed by atoms with Crippen LogP contribution in [-0.2, 0) is 25.5 Å². The average molecular weight is 811 g/mol. The smallest absolute Gasteiger partial charge is 0.128 e. The van der Waals surface area contributed by atoms with Crippen molar-refractivity contribution in [1.82, 2.24) is 9.97 Å². The summed E-state index contributed by atoms with van der Waals surface area (Å²) in [7, 11) is 0. The van der Waals surface area contributed by atoms with Gasteiger partial charge in [-0.15, -0.1) is 53.6 Å². The summed E-state index contributed by atoms with van der Waals surface area (Å²) in [6.07, 6.45) is 3.12. The Bertz CT molecular complexity index is 2510. The first-order valence-electron chi connectivity index (χ1n) is 18.2. The molecule has 0 bridgehead atoms. The molecule has 5 heteroatoms. The molecule has 1 radical (unpaired) electrons. The van der Waals surface area contributed by atoms with Gasteiger partial charge >= 0.3 is 0 Å². The van der Waals surface area contributed by atoms with Crippen molar-refractivity contribution in [3.63, 3.8) is 0 Å². The summed E-state index contributed by atoms with van der Waals surface area (Å²) in [5.74, 6) is -0.233. The van der Waals surface area contributed by atoms with E-state index in [1.165, 1.54) is 36.5 Å².